The first-order chi connectivity index (χ1) is 7.72. The van der Waals surface area contributed by atoms with Crippen molar-refractivity contribution < 1.29 is 14.6 Å². The summed E-state index contributed by atoms with van der Waals surface area (Å²) in [7, 11) is 0. The van der Waals surface area contributed by atoms with Crippen molar-refractivity contribution in [2.24, 2.45) is 0 Å². The first-order valence-corrected chi connectivity index (χ1v) is 5.30. The van der Waals surface area contributed by atoms with Crippen LogP contribution in [0.3, 0.4) is 0 Å². The number of aliphatic hydroxyl groups excluding tert-OH is 1. The Morgan fingerprint density at radius 1 is 1.44 bits per heavy atom. The number of amides is 1. The highest BCUT2D eigenvalue weighted by molar-refractivity contribution is 5.67. The quantitative estimate of drug-likeness (QED) is 0.798. The van der Waals surface area contributed by atoms with E-state index >= 15 is 0 Å². The third-order valence-electron chi connectivity index (χ3n) is 2.14. The van der Waals surface area contributed by atoms with E-state index < -0.39 is 6.09 Å². The summed E-state index contributed by atoms with van der Waals surface area (Å²) < 4.78 is 5.01. The predicted molar refractivity (Wildman–Crippen MR) is 60.9 cm³/mol. The molecule has 0 aromatic heterocycles. The lowest BCUT2D eigenvalue weighted by Crippen LogP contribution is -2.33. The van der Waals surface area contributed by atoms with Crippen LogP contribution in [0.15, 0.2) is 30.3 Å². The number of carbonyl (C=O) groups excluding carboxylic acids is 1. The lowest BCUT2D eigenvalue weighted by Gasteiger charge is -2.12. The Morgan fingerprint density at radius 2 is 2.12 bits per heavy atom. The van der Waals surface area contributed by atoms with Gasteiger partial charge in [0.15, 0.2) is 0 Å². The molecule has 0 aliphatic carbocycles. The molecule has 0 bridgehead atoms. The summed E-state index contributed by atoms with van der Waals surface area (Å²) in [6.45, 7) is 2.14. The molecule has 0 spiro atoms. The van der Waals surface area contributed by atoms with Crippen LogP contribution in [0.2, 0.25) is 0 Å². The highest BCUT2D eigenvalue weighted by Crippen LogP contribution is 2.00. The molecule has 1 atom stereocenters. The molecule has 0 fully saturated rings. The van der Waals surface area contributed by atoms with Gasteiger partial charge in [-0.3, -0.25) is 0 Å². The minimum Gasteiger partial charge on any atom is -0.445 e. The topological polar surface area (TPSA) is 58.6 Å². The van der Waals surface area contributed by atoms with E-state index in [1.165, 1.54) is 0 Å². The van der Waals surface area contributed by atoms with Crippen LogP contribution in [-0.4, -0.2) is 23.8 Å². The normalized spacial score (nSPS) is 11.9. The number of rotatable bonds is 5. The molecule has 4 heteroatoms. The summed E-state index contributed by atoms with van der Waals surface area (Å²) in [4.78, 5) is 11.3. The molecule has 2 N–H and O–H groups in total. The summed E-state index contributed by atoms with van der Waals surface area (Å²) >= 11 is 0. The van der Waals surface area contributed by atoms with Crippen LogP contribution in [0.4, 0.5) is 4.79 Å². The molecular formula is C12H17NO3. The number of hydrogen-bond acceptors (Lipinski definition) is 3. The molecule has 0 heterocycles. The standard InChI is InChI=1S/C12H17NO3/c1-10(7-8-14)13-12(15)16-9-11-5-3-2-4-6-11/h2-6,10,14H,7-9H2,1H3,(H,13,15). The summed E-state index contributed by atoms with van der Waals surface area (Å²) in [5.74, 6) is 0. The molecule has 1 amide bonds. The van der Waals surface area contributed by atoms with Crippen LogP contribution in [-0.2, 0) is 11.3 Å². The van der Waals surface area contributed by atoms with Gasteiger partial charge in [-0.05, 0) is 18.9 Å². The molecule has 88 valence electrons. The molecule has 0 aliphatic heterocycles. The number of nitrogens with one attached hydrogen (secondary N) is 1. The number of hydrogen-bond donors (Lipinski definition) is 2. The maximum atomic E-state index is 11.3. The summed E-state index contributed by atoms with van der Waals surface area (Å²) in [6.07, 6.45) is 0.0743. The second kappa shape index (κ2) is 6.85. The monoisotopic (exact) mass is 223 g/mol. The van der Waals surface area contributed by atoms with Gasteiger partial charge in [-0.2, -0.15) is 0 Å². The van der Waals surface area contributed by atoms with E-state index in [9.17, 15) is 4.79 Å². The Hall–Kier alpha value is -1.55. The fourth-order valence-electron chi connectivity index (χ4n) is 1.23. The zero-order chi connectivity index (χ0) is 11.8. The van der Waals surface area contributed by atoms with Crippen LogP contribution in [0, 0.1) is 0 Å². The fourth-order valence-corrected chi connectivity index (χ4v) is 1.23. The molecular weight excluding hydrogens is 206 g/mol. The van der Waals surface area contributed by atoms with E-state index in [0.29, 0.717) is 6.42 Å². The van der Waals surface area contributed by atoms with Gasteiger partial charge in [0.25, 0.3) is 0 Å². The SMILES string of the molecule is CC(CCO)NC(=O)OCc1ccccc1. The average Bonchev–Trinajstić information content (AvgIpc) is 2.28. The zero-order valence-electron chi connectivity index (χ0n) is 9.35. The highest BCUT2D eigenvalue weighted by Gasteiger charge is 2.07. The number of ether oxygens (including phenoxy) is 1. The van der Waals surface area contributed by atoms with Crippen molar-refractivity contribution in [1.29, 1.82) is 0 Å². The van der Waals surface area contributed by atoms with E-state index in [2.05, 4.69) is 5.32 Å². The van der Waals surface area contributed by atoms with E-state index in [1.54, 1.807) is 0 Å². The van der Waals surface area contributed by atoms with Crippen molar-refractivity contribution in [3.8, 4) is 0 Å². The zero-order valence-corrected chi connectivity index (χ0v) is 9.35. The number of aliphatic hydroxyl groups is 1. The van der Waals surface area contributed by atoms with Gasteiger partial charge in [0.05, 0.1) is 0 Å². The van der Waals surface area contributed by atoms with Gasteiger partial charge in [0.1, 0.15) is 6.61 Å². The molecule has 1 rings (SSSR count). The Labute approximate surface area is 95.2 Å². The van der Waals surface area contributed by atoms with E-state index in [0.717, 1.165) is 5.56 Å². The predicted octanol–water partition coefficient (Wildman–Crippen LogP) is 1.68. The van der Waals surface area contributed by atoms with Gasteiger partial charge >= 0.3 is 6.09 Å². The van der Waals surface area contributed by atoms with E-state index in [4.69, 9.17) is 9.84 Å². The Kier molecular flexibility index (Phi) is 5.36. The molecule has 16 heavy (non-hydrogen) atoms. The van der Waals surface area contributed by atoms with Crippen molar-refractivity contribution in [2.75, 3.05) is 6.61 Å². The Bertz CT molecular complexity index is 313. The van der Waals surface area contributed by atoms with Crippen molar-refractivity contribution >= 4 is 6.09 Å². The fraction of sp³-hybridized carbons (Fsp3) is 0.417. The van der Waals surface area contributed by atoms with Crippen LogP contribution in [0.5, 0.6) is 0 Å². The molecule has 4 nitrogen and oxygen atoms in total. The third kappa shape index (κ3) is 4.79. The first-order valence-electron chi connectivity index (χ1n) is 5.30. The average molecular weight is 223 g/mol. The van der Waals surface area contributed by atoms with Crippen molar-refractivity contribution in [3.05, 3.63) is 35.9 Å². The maximum absolute atomic E-state index is 11.3. The van der Waals surface area contributed by atoms with Crippen LogP contribution in [0.1, 0.15) is 18.9 Å². The van der Waals surface area contributed by atoms with E-state index in [-0.39, 0.29) is 19.3 Å². The second-order valence-corrected chi connectivity index (χ2v) is 3.62. The molecule has 1 unspecified atom stereocenters. The highest BCUT2D eigenvalue weighted by atomic mass is 16.5. The summed E-state index contributed by atoms with van der Waals surface area (Å²) in [5, 5.41) is 11.3. The van der Waals surface area contributed by atoms with Gasteiger partial charge in [-0.1, -0.05) is 30.3 Å². The van der Waals surface area contributed by atoms with Crippen LogP contribution < -0.4 is 5.32 Å². The second-order valence-electron chi connectivity index (χ2n) is 3.62. The van der Waals surface area contributed by atoms with Crippen molar-refractivity contribution in [2.45, 2.75) is 26.0 Å². The number of carbonyl (C=O) groups is 1. The number of alkyl carbamates (subject to hydrolysis) is 1. The molecule has 0 aliphatic rings. The minimum absolute atomic E-state index is 0.0557. The number of benzene rings is 1. The van der Waals surface area contributed by atoms with Gasteiger partial charge in [0, 0.05) is 12.6 Å². The minimum atomic E-state index is -0.454. The van der Waals surface area contributed by atoms with Crippen molar-refractivity contribution in [3.63, 3.8) is 0 Å². The maximum Gasteiger partial charge on any atom is 0.407 e. The van der Waals surface area contributed by atoms with Crippen LogP contribution in [0.25, 0.3) is 0 Å². The largest absolute Gasteiger partial charge is 0.445 e. The summed E-state index contributed by atoms with van der Waals surface area (Å²) in [6, 6.07) is 9.41. The van der Waals surface area contributed by atoms with Gasteiger partial charge < -0.3 is 15.2 Å². The molecule has 0 saturated carbocycles. The van der Waals surface area contributed by atoms with Gasteiger partial charge in [0.2, 0.25) is 0 Å². The summed E-state index contributed by atoms with van der Waals surface area (Å²) in [5.41, 5.74) is 0.951. The van der Waals surface area contributed by atoms with Crippen LogP contribution >= 0.6 is 0 Å². The van der Waals surface area contributed by atoms with Crippen molar-refractivity contribution in [1.82, 2.24) is 5.32 Å². The van der Waals surface area contributed by atoms with E-state index in [1.807, 2.05) is 37.3 Å². The molecule has 1 aromatic rings. The molecule has 0 radical (unpaired) electrons. The molecule has 0 saturated heterocycles. The Morgan fingerprint density at radius 3 is 2.75 bits per heavy atom. The van der Waals surface area contributed by atoms with Gasteiger partial charge in [-0.15, -0.1) is 0 Å². The van der Waals surface area contributed by atoms with Gasteiger partial charge in [-0.25, -0.2) is 4.79 Å². The Balaban J connectivity index is 2.25. The third-order valence-corrected chi connectivity index (χ3v) is 2.14. The lowest BCUT2D eigenvalue weighted by atomic mass is 10.2. The molecule has 1 aromatic carbocycles. The smallest absolute Gasteiger partial charge is 0.407 e. The lowest BCUT2D eigenvalue weighted by molar-refractivity contribution is 0.134. The first kappa shape index (κ1) is 12.5.